The van der Waals surface area contributed by atoms with E-state index in [0.717, 1.165) is 11.3 Å². The van der Waals surface area contributed by atoms with Gasteiger partial charge in [0.1, 0.15) is 18.9 Å². The molecule has 1 aliphatic rings. The average molecular weight is 359 g/mol. The first-order valence-electron chi connectivity index (χ1n) is 7.75. The van der Waals surface area contributed by atoms with Gasteiger partial charge < -0.3 is 24.5 Å². The maximum atomic E-state index is 12.1. The number of pyridine rings is 1. The van der Waals surface area contributed by atoms with Gasteiger partial charge >= 0.3 is 6.03 Å². The van der Waals surface area contributed by atoms with Gasteiger partial charge in [-0.25, -0.2) is 9.78 Å². The Hall–Kier alpha value is -2.93. The Morgan fingerprint density at radius 3 is 2.88 bits per heavy atom. The summed E-state index contributed by atoms with van der Waals surface area (Å²) < 4.78 is 12.8. The van der Waals surface area contributed by atoms with Crippen molar-refractivity contribution in [1.82, 2.24) is 14.7 Å². The molecule has 25 heavy (non-hydrogen) atoms. The molecule has 2 N–H and O–H groups in total. The number of benzene rings is 1. The Labute approximate surface area is 148 Å². The van der Waals surface area contributed by atoms with Gasteiger partial charge in [-0.3, -0.25) is 0 Å². The van der Waals surface area contributed by atoms with Gasteiger partial charge in [-0.2, -0.15) is 0 Å². The largest absolute Gasteiger partial charge is 0.486 e. The molecule has 0 fully saturated rings. The standard InChI is InChI=1S/C17H15ClN4O3/c18-11-1-4-16-20-13(10-22(16)9-11)8-19-17(23)21-12-2-3-14-15(7-12)25-6-5-24-14/h1-4,7,9-10H,5-6,8H2,(H2,19,21,23). The molecule has 8 heteroatoms. The fourth-order valence-electron chi connectivity index (χ4n) is 2.57. The summed E-state index contributed by atoms with van der Waals surface area (Å²) in [6.07, 6.45) is 3.59. The second-order valence-electron chi connectivity index (χ2n) is 5.51. The summed E-state index contributed by atoms with van der Waals surface area (Å²) in [4.78, 5) is 16.5. The van der Waals surface area contributed by atoms with Crippen molar-refractivity contribution in [3.05, 3.63) is 53.4 Å². The molecule has 0 aliphatic carbocycles. The maximum absolute atomic E-state index is 12.1. The molecule has 0 radical (unpaired) electrons. The minimum absolute atomic E-state index is 0.301. The van der Waals surface area contributed by atoms with Crippen molar-refractivity contribution in [1.29, 1.82) is 0 Å². The lowest BCUT2D eigenvalue weighted by molar-refractivity contribution is 0.171. The van der Waals surface area contributed by atoms with E-state index in [4.69, 9.17) is 21.1 Å². The number of anilines is 1. The summed E-state index contributed by atoms with van der Waals surface area (Å²) in [5.41, 5.74) is 2.14. The highest BCUT2D eigenvalue weighted by atomic mass is 35.5. The van der Waals surface area contributed by atoms with Gasteiger partial charge in [0.05, 0.1) is 17.3 Å². The van der Waals surface area contributed by atoms with Crippen LogP contribution in [0.15, 0.2) is 42.7 Å². The van der Waals surface area contributed by atoms with Gasteiger partial charge in [-0.15, -0.1) is 0 Å². The molecule has 7 nitrogen and oxygen atoms in total. The molecule has 0 spiro atoms. The molecule has 3 aromatic rings. The predicted molar refractivity (Wildman–Crippen MR) is 93.5 cm³/mol. The zero-order chi connectivity index (χ0) is 17.2. The number of nitrogens with one attached hydrogen (secondary N) is 2. The van der Waals surface area contributed by atoms with Crippen molar-refractivity contribution in [2.24, 2.45) is 0 Å². The van der Waals surface area contributed by atoms with Gasteiger partial charge in [0.2, 0.25) is 0 Å². The molecule has 0 saturated carbocycles. The van der Waals surface area contributed by atoms with Gasteiger partial charge in [0.25, 0.3) is 0 Å². The number of imidazole rings is 1. The van der Waals surface area contributed by atoms with Crippen LogP contribution in [0.1, 0.15) is 5.69 Å². The number of nitrogens with zero attached hydrogens (tertiary/aromatic N) is 2. The highest BCUT2D eigenvalue weighted by molar-refractivity contribution is 6.30. The number of aromatic nitrogens is 2. The molecule has 4 rings (SSSR count). The quantitative estimate of drug-likeness (QED) is 0.754. The van der Waals surface area contributed by atoms with E-state index in [0.29, 0.717) is 42.0 Å². The Balaban J connectivity index is 1.38. The van der Waals surface area contributed by atoms with Crippen molar-refractivity contribution in [3.8, 4) is 11.5 Å². The topological polar surface area (TPSA) is 76.9 Å². The second-order valence-corrected chi connectivity index (χ2v) is 5.95. The van der Waals surface area contributed by atoms with E-state index in [2.05, 4.69) is 15.6 Å². The van der Waals surface area contributed by atoms with Gasteiger partial charge in [-0.05, 0) is 24.3 Å². The summed E-state index contributed by atoms with van der Waals surface area (Å²) >= 11 is 5.95. The number of hydrogen-bond acceptors (Lipinski definition) is 4. The van der Waals surface area contributed by atoms with Crippen molar-refractivity contribution in [2.75, 3.05) is 18.5 Å². The minimum atomic E-state index is -0.327. The molecule has 1 aliphatic heterocycles. The van der Waals surface area contributed by atoms with E-state index >= 15 is 0 Å². The zero-order valence-corrected chi connectivity index (χ0v) is 13.9. The first kappa shape index (κ1) is 15.6. The number of halogens is 1. The van der Waals surface area contributed by atoms with Crippen LogP contribution in [-0.4, -0.2) is 28.6 Å². The van der Waals surface area contributed by atoms with E-state index in [1.54, 1.807) is 30.5 Å². The van der Waals surface area contributed by atoms with Crippen molar-refractivity contribution < 1.29 is 14.3 Å². The molecule has 0 atom stereocenters. The highest BCUT2D eigenvalue weighted by Gasteiger charge is 2.13. The van der Waals surface area contributed by atoms with E-state index in [9.17, 15) is 4.79 Å². The zero-order valence-electron chi connectivity index (χ0n) is 13.2. The highest BCUT2D eigenvalue weighted by Crippen LogP contribution is 2.32. The summed E-state index contributed by atoms with van der Waals surface area (Å²) in [6, 6.07) is 8.54. The fourth-order valence-corrected chi connectivity index (χ4v) is 2.74. The summed E-state index contributed by atoms with van der Waals surface area (Å²) in [6.45, 7) is 1.33. The Bertz CT molecular complexity index is 941. The fraction of sp³-hybridized carbons (Fsp3) is 0.176. The van der Waals surface area contributed by atoms with Crippen LogP contribution in [0.25, 0.3) is 5.65 Å². The molecule has 2 aromatic heterocycles. The van der Waals surface area contributed by atoms with Crippen LogP contribution in [0.5, 0.6) is 11.5 Å². The number of amides is 2. The molecule has 2 amide bonds. The van der Waals surface area contributed by atoms with Crippen molar-refractivity contribution in [3.63, 3.8) is 0 Å². The van der Waals surface area contributed by atoms with E-state index in [1.807, 2.05) is 16.7 Å². The normalized spacial score (nSPS) is 12.8. The minimum Gasteiger partial charge on any atom is -0.486 e. The lowest BCUT2D eigenvalue weighted by Crippen LogP contribution is -2.28. The van der Waals surface area contributed by atoms with Crippen LogP contribution < -0.4 is 20.1 Å². The number of urea groups is 1. The summed E-state index contributed by atoms with van der Waals surface area (Å²) in [5.74, 6) is 1.31. The molecule has 0 bridgehead atoms. The van der Waals surface area contributed by atoms with Gasteiger partial charge in [-0.1, -0.05) is 11.6 Å². The molecular weight excluding hydrogens is 344 g/mol. The lowest BCUT2D eigenvalue weighted by atomic mass is 10.2. The van der Waals surface area contributed by atoms with Crippen molar-refractivity contribution >= 4 is 29.0 Å². The van der Waals surface area contributed by atoms with E-state index < -0.39 is 0 Å². The van der Waals surface area contributed by atoms with E-state index in [-0.39, 0.29) is 6.03 Å². The smallest absolute Gasteiger partial charge is 0.319 e. The Kier molecular flexibility index (Phi) is 4.07. The summed E-state index contributed by atoms with van der Waals surface area (Å²) in [5, 5.41) is 6.16. The summed E-state index contributed by atoms with van der Waals surface area (Å²) in [7, 11) is 0. The SMILES string of the molecule is O=C(NCc1cn2cc(Cl)ccc2n1)Nc1ccc2c(c1)OCCO2. The van der Waals surface area contributed by atoms with Crippen LogP contribution >= 0.6 is 11.6 Å². The molecule has 0 unspecified atom stereocenters. The average Bonchev–Trinajstić information content (AvgIpc) is 3.02. The first-order chi connectivity index (χ1) is 12.2. The predicted octanol–water partition coefficient (Wildman–Crippen LogP) is 3.08. The maximum Gasteiger partial charge on any atom is 0.319 e. The second kappa shape index (κ2) is 6.52. The third-order valence-corrected chi connectivity index (χ3v) is 3.92. The van der Waals surface area contributed by atoms with Gasteiger partial charge in [0.15, 0.2) is 11.5 Å². The number of ether oxygens (including phenoxy) is 2. The number of rotatable bonds is 3. The first-order valence-corrected chi connectivity index (χ1v) is 8.13. The number of carbonyl (C=O) groups is 1. The number of carbonyl (C=O) groups excluding carboxylic acids is 1. The molecule has 3 heterocycles. The molecular formula is C17H15ClN4O3. The van der Waals surface area contributed by atoms with Crippen LogP contribution in [0, 0.1) is 0 Å². The monoisotopic (exact) mass is 358 g/mol. The molecule has 128 valence electrons. The number of fused-ring (bicyclic) bond motifs is 2. The molecule has 1 aromatic carbocycles. The van der Waals surface area contributed by atoms with Crippen molar-refractivity contribution in [2.45, 2.75) is 6.54 Å². The van der Waals surface area contributed by atoms with Crippen LogP contribution in [0.2, 0.25) is 5.02 Å². The van der Waals surface area contributed by atoms with Crippen LogP contribution in [-0.2, 0) is 6.54 Å². The van der Waals surface area contributed by atoms with Gasteiger partial charge in [0, 0.05) is 24.1 Å². The third kappa shape index (κ3) is 3.46. The lowest BCUT2D eigenvalue weighted by Gasteiger charge is -2.19. The Morgan fingerprint density at radius 1 is 1.16 bits per heavy atom. The Morgan fingerprint density at radius 2 is 2.00 bits per heavy atom. The third-order valence-electron chi connectivity index (χ3n) is 3.69. The number of hydrogen-bond donors (Lipinski definition) is 2. The molecule has 0 saturated heterocycles. The van der Waals surface area contributed by atoms with Crippen LogP contribution in [0.4, 0.5) is 10.5 Å². The van der Waals surface area contributed by atoms with Crippen LogP contribution in [0.3, 0.4) is 0 Å². The van der Waals surface area contributed by atoms with E-state index in [1.165, 1.54) is 0 Å².